The lowest BCUT2D eigenvalue weighted by atomic mass is 10.1. The minimum absolute atomic E-state index is 0.0266. The summed E-state index contributed by atoms with van der Waals surface area (Å²) >= 11 is 0. The van der Waals surface area contributed by atoms with Crippen LogP contribution in [0.5, 0.6) is 5.75 Å². The van der Waals surface area contributed by atoms with E-state index in [-0.39, 0.29) is 30.3 Å². The van der Waals surface area contributed by atoms with Crippen molar-refractivity contribution in [3.8, 4) is 5.75 Å². The zero-order valence-electron chi connectivity index (χ0n) is 13.7. The Morgan fingerprint density at radius 3 is 2.88 bits per heavy atom. The summed E-state index contributed by atoms with van der Waals surface area (Å²) in [6.45, 7) is 3.96. The Morgan fingerprint density at radius 2 is 2.17 bits per heavy atom. The molecule has 0 atom stereocenters. The summed E-state index contributed by atoms with van der Waals surface area (Å²) in [6, 6.07) is 8.11. The smallest absolute Gasteiger partial charge is 0.255 e. The van der Waals surface area contributed by atoms with Gasteiger partial charge in [-0.05, 0) is 32.0 Å². The molecule has 2 aromatic rings. The first kappa shape index (κ1) is 17.5. The largest absolute Gasteiger partial charge is 0.486 e. The number of carbonyl (C=O) groups excluding carboxylic acids is 1. The third-order valence-electron chi connectivity index (χ3n) is 3.36. The lowest BCUT2D eigenvalue weighted by Gasteiger charge is -2.11. The number of hydrogen-bond donors (Lipinski definition) is 2. The van der Waals surface area contributed by atoms with Crippen molar-refractivity contribution < 1.29 is 13.9 Å². The van der Waals surface area contributed by atoms with Crippen molar-refractivity contribution in [2.75, 3.05) is 12.3 Å². The van der Waals surface area contributed by atoms with E-state index >= 15 is 0 Å². The van der Waals surface area contributed by atoms with E-state index < -0.39 is 11.7 Å². The van der Waals surface area contributed by atoms with E-state index in [1.165, 1.54) is 0 Å². The number of nitrogens with one attached hydrogen (secondary N) is 1. The number of nitrogens with zero attached hydrogens (tertiary/aromatic N) is 1. The normalized spacial score (nSPS) is 10.8. The van der Waals surface area contributed by atoms with Crippen LogP contribution in [0, 0.1) is 12.7 Å². The van der Waals surface area contributed by atoms with Crippen LogP contribution in [0.25, 0.3) is 0 Å². The highest BCUT2D eigenvalue weighted by Gasteiger charge is 2.13. The molecule has 1 aromatic heterocycles. The van der Waals surface area contributed by atoms with Gasteiger partial charge in [-0.15, -0.1) is 0 Å². The number of ether oxygens (including phenoxy) is 1. The van der Waals surface area contributed by atoms with Gasteiger partial charge in [0.15, 0.2) is 11.6 Å². The van der Waals surface area contributed by atoms with Crippen molar-refractivity contribution in [2.24, 2.45) is 0 Å². The van der Waals surface area contributed by atoms with E-state index in [9.17, 15) is 9.18 Å². The summed E-state index contributed by atoms with van der Waals surface area (Å²) in [5.41, 5.74) is 7.06. The monoisotopic (exact) mass is 329 g/mol. The highest BCUT2D eigenvalue weighted by molar-refractivity contribution is 5.98. The highest BCUT2D eigenvalue weighted by Crippen LogP contribution is 2.20. The van der Waals surface area contributed by atoms with Gasteiger partial charge in [-0.25, -0.2) is 9.37 Å². The summed E-state index contributed by atoms with van der Waals surface area (Å²) in [5.74, 6) is -0.593. The quantitative estimate of drug-likeness (QED) is 0.799. The molecule has 0 spiro atoms. The SMILES string of the molecule is C/C=C/COc1cccc(CNC(=O)c2ccc(C)nc2N)c1F. The molecule has 5 nitrogen and oxygen atoms in total. The molecule has 0 unspecified atom stereocenters. The zero-order chi connectivity index (χ0) is 17.5. The fourth-order valence-electron chi connectivity index (χ4n) is 2.08. The van der Waals surface area contributed by atoms with E-state index in [1.54, 1.807) is 43.3 Å². The molecular weight excluding hydrogens is 309 g/mol. The third-order valence-corrected chi connectivity index (χ3v) is 3.36. The van der Waals surface area contributed by atoms with Gasteiger partial charge in [0.2, 0.25) is 0 Å². The molecule has 0 fully saturated rings. The lowest BCUT2D eigenvalue weighted by Crippen LogP contribution is -2.24. The minimum Gasteiger partial charge on any atom is -0.486 e. The Kier molecular flexibility index (Phi) is 5.89. The average molecular weight is 329 g/mol. The van der Waals surface area contributed by atoms with Crippen LogP contribution in [-0.2, 0) is 6.54 Å². The number of amides is 1. The fraction of sp³-hybridized carbons (Fsp3) is 0.222. The number of benzene rings is 1. The van der Waals surface area contributed by atoms with Gasteiger partial charge >= 0.3 is 0 Å². The van der Waals surface area contributed by atoms with E-state index in [2.05, 4.69) is 10.3 Å². The van der Waals surface area contributed by atoms with Crippen molar-refractivity contribution in [3.63, 3.8) is 0 Å². The predicted octanol–water partition coefficient (Wildman–Crippen LogP) is 3.00. The van der Waals surface area contributed by atoms with Crippen LogP contribution >= 0.6 is 0 Å². The van der Waals surface area contributed by atoms with Gasteiger partial charge in [0.1, 0.15) is 12.4 Å². The number of carbonyl (C=O) groups is 1. The molecule has 0 saturated heterocycles. The Labute approximate surface area is 140 Å². The standard InChI is InChI=1S/C18H20FN3O2/c1-3-4-10-24-15-7-5-6-13(16(15)19)11-21-18(23)14-9-8-12(2)22-17(14)20/h3-9H,10-11H2,1-2H3,(H2,20,22)(H,21,23)/b4-3+. The maximum atomic E-state index is 14.3. The number of pyridine rings is 1. The number of hydrogen-bond acceptors (Lipinski definition) is 4. The maximum absolute atomic E-state index is 14.3. The van der Waals surface area contributed by atoms with Crippen LogP contribution in [0.4, 0.5) is 10.2 Å². The van der Waals surface area contributed by atoms with Gasteiger partial charge in [-0.1, -0.05) is 24.3 Å². The molecule has 1 aromatic carbocycles. The topological polar surface area (TPSA) is 77.2 Å². The van der Waals surface area contributed by atoms with Gasteiger partial charge < -0.3 is 15.8 Å². The minimum atomic E-state index is -0.489. The second-order valence-corrected chi connectivity index (χ2v) is 5.18. The highest BCUT2D eigenvalue weighted by atomic mass is 19.1. The molecule has 0 aliphatic heterocycles. The van der Waals surface area contributed by atoms with Crippen molar-refractivity contribution in [1.82, 2.24) is 10.3 Å². The first-order valence-electron chi connectivity index (χ1n) is 7.55. The summed E-state index contributed by atoms with van der Waals surface area (Å²) in [7, 11) is 0. The number of nitrogens with two attached hydrogens (primary N) is 1. The number of aromatic nitrogens is 1. The molecule has 0 aliphatic rings. The first-order chi connectivity index (χ1) is 11.5. The zero-order valence-corrected chi connectivity index (χ0v) is 13.7. The van der Waals surface area contributed by atoms with Crippen molar-refractivity contribution in [3.05, 3.63) is 65.1 Å². The lowest BCUT2D eigenvalue weighted by molar-refractivity contribution is 0.0951. The molecule has 1 heterocycles. The van der Waals surface area contributed by atoms with Gasteiger partial charge in [0, 0.05) is 17.8 Å². The van der Waals surface area contributed by atoms with Crippen LogP contribution < -0.4 is 15.8 Å². The first-order valence-corrected chi connectivity index (χ1v) is 7.55. The molecule has 1 amide bonds. The van der Waals surface area contributed by atoms with E-state index in [0.29, 0.717) is 5.56 Å². The van der Waals surface area contributed by atoms with Crippen LogP contribution in [0.3, 0.4) is 0 Å². The van der Waals surface area contributed by atoms with E-state index in [0.717, 1.165) is 5.69 Å². The van der Waals surface area contributed by atoms with Gasteiger partial charge in [-0.3, -0.25) is 4.79 Å². The number of allylic oxidation sites excluding steroid dienone is 1. The average Bonchev–Trinajstić information content (AvgIpc) is 2.55. The number of rotatable bonds is 6. The molecule has 3 N–H and O–H groups in total. The Hall–Kier alpha value is -2.89. The third kappa shape index (κ3) is 4.32. The molecule has 126 valence electrons. The second-order valence-electron chi connectivity index (χ2n) is 5.18. The number of halogens is 1. The molecule has 0 bridgehead atoms. The molecular formula is C18H20FN3O2. The Bertz CT molecular complexity index is 760. The van der Waals surface area contributed by atoms with Crippen molar-refractivity contribution in [1.29, 1.82) is 0 Å². The number of anilines is 1. The number of aryl methyl sites for hydroxylation is 1. The maximum Gasteiger partial charge on any atom is 0.255 e. The van der Waals surface area contributed by atoms with E-state index in [1.807, 2.05) is 13.0 Å². The van der Waals surface area contributed by atoms with Crippen LogP contribution in [0.2, 0.25) is 0 Å². The summed E-state index contributed by atoms with van der Waals surface area (Å²) < 4.78 is 19.7. The molecule has 2 rings (SSSR count). The van der Waals surface area contributed by atoms with Crippen LogP contribution in [0.1, 0.15) is 28.5 Å². The second kappa shape index (κ2) is 8.10. The molecule has 0 radical (unpaired) electrons. The van der Waals surface area contributed by atoms with Crippen molar-refractivity contribution in [2.45, 2.75) is 20.4 Å². The molecule has 0 saturated carbocycles. The predicted molar refractivity (Wildman–Crippen MR) is 91.3 cm³/mol. The summed E-state index contributed by atoms with van der Waals surface area (Å²) in [4.78, 5) is 16.2. The molecule has 6 heteroatoms. The van der Waals surface area contributed by atoms with Gasteiger partial charge in [0.25, 0.3) is 5.91 Å². The fourth-order valence-corrected chi connectivity index (χ4v) is 2.08. The van der Waals surface area contributed by atoms with Crippen LogP contribution in [-0.4, -0.2) is 17.5 Å². The Balaban J connectivity index is 2.06. The molecule has 0 aliphatic carbocycles. The van der Waals surface area contributed by atoms with E-state index in [4.69, 9.17) is 10.5 Å². The van der Waals surface area contributed by atoms with Crippen LogP contribution in [0.15, 0.2) is 42.5 Å². The summed E-state index contributed by atoms with van der Waals surface area (Å²) in [5, 5.41) is 2.64. The molecule has 24 heavy (non-hydrogen) atoms. The Morgan fingerprint density at radius 1 is 1.38 bits per heavy atom. The van der Waals surface area contributed by atoms with Gasteiger partial charge in [0.05, 0.1) is 5.56 Å². The van der Waals surface area contributed by atoms with Crippen molar-refractivity contribution >= 4 is 11.7 Å². The number of nitrogen functional groups attached to an aromatic ring is 1. The summed E-state index contributed by atoms with van der Waals surface area (Å²) in [6.07, 6.45) is 3.60. The van der Waals surface area contributed by atoms with Gasteiger partial charge in [-0.2, -0.15) is 0 Å².